The molecule has 1 heterocycles. The lowest BCUT2D eigenvalue weighted by Crippen LogP contribution is -2.30. The van der Waals surface area contributed by atoms with Crippen LogP contribution in [0.25, 0.3) is 0 Å². The average Bonchev–Trinajstić information content (AvgIpc) is 2.08. The molecule has 6 heteroatoms. The molecule has 0 aliphatic heterocycles. The highest BCUT2D eigenvalue weighted by molar-refractivity contribution is 14.1. The number of pyridine rings is 1. The summed E-state index contributed by atoms with van der Waals surface area (Å²) in [7, 11) is 0. The van der Waals surface area contributed by atoms with Gasteiger partial charge in [0.25, 0.3) is 0 Å². The first-order valence-electron chi connectivity index (χ1n) is 4.66. The van der Waals surface area contributed by atoms with Gasteiger partial charge >= 0.3 is 6.09 Å². The third kappa shape index (κ3) is 4.21. The molecule has 0 aliphatic carbocycles. The molecule has 5 nitrogen and oxygen atoms in total. The molecule has 0 bridgehead atoms. The molecular formula is C10H13IN2O3. The van der Waals surface area contributed by atoms with E-state index in [4.69, 9.17) is 4.74 Å². The van der Waals surface area contributed by atoms with Gasteiger partial charge in [-0.15, -0.1) is 0 Å². The zero-order valence-electron chi connectivity index (χ0n) is 9.28. The van der Waals surface area contributed by atoms with Crippen LogP contribution in [-0.4, -0.2) is 11.7 Å². The van der Waals surface area contributed by atoms with Crippen LogP contribution in [-0.2, 0) is 4.74 Å². The minimum atomic E-state index is -0.573. The smallest absolute Gasteiger partial charge is 0.412 e. The Morgan fingerprint density at radius 2 is 2.19 bits per heavy atom. The Morgan fingerprint density at radius 1 is 1.56 bits per heavy atom. The second kappa shape index (κ2) is 4.86. The highest BCUT2D eigenvalue weighted by Crippen LogP contribution is 2.16. The third-order valence-corrected chi connectivity index (χ3v) is 2.46. The molecular weight excluding hydrogens is 323 g/mol. The van der Waals surface area contributed by atoms with Crippen LogP contribution >= 0.6 is 22.6 Å². The molecule has 16 heavy (non-hydrogen) atoms. The molecule has 1 aromatic rings. The van der Waals surface area contributed by atoms with E-state index in [0.29, 0.717) is 10.4 Å². The highest BCUT2D eigenvalue weighted by Gasteiger charge is 2.17. The van der Waals surface area contributed by atoms with Crippen LogP contribution < -0.4 is 10.0 Å². The number of rotatable bonds is 1. The number of carbonyl (C=O) groups is 1. The van der Waals surface area contributed by atoms with Crippen LogP contribution in [0.4, 0.5) is 10.5 Å². The van der Waals surface area contributed by atoms with Crippen LogP contribution in [0.2, 0.25) is 0 Å². The van der Waals surface area contributed by atoms with Gasteiger partial charge in [0.05, 0.1) is 0 Å². The first-order chi connectivity index (χ1) is 7.28. The van der Waals surface area contributed by atoms with Gasteiger partial charge in [0.15, 0.2) is 6.20 Å². The maximum atomic E-state index is 11.4. The second-order valence-electron chi connectivity index (χ2n) is 4.19. The summed E-state index contributed by atoms with van der Waals surface area (Å²) in [6.45, 7) is 5.32. The van der Waals surface area contributed by atoms with E-state index >= 15 is 0 Å². The monoisotopic (exact) mass is 336 g/mol. The molecule has 88 valence electrons. The lowest BCUT2D eigenvalue weighted by molar-refractivity contribution is -0.604. The van der Waals surface area contributed by atoms with Crippen molar-refractivity contribution in [3.8, 4) is 0 Å². The Kier molecular flexibility index (Phi) is 3.95. The second-order valence-corrected chi connectivity index (χ2v) is 5.36. The minimum absolute atomic E-state index is 0.437. The Balaban J connectivity index is 2.73. The van der Waals surface area contributed by atoms with Crippen molar-refractivity contribution in [2.45, 2.75) is 26.4 Å². The predicted octanol–water partition coefficient (Wildman–Crippen LogP) is 2.27. The molecule has 0 aliphatic rings. The lowest BCUT2D eigenvalue weighted by Gasteiger charge is -2.19. The summed E-state index contributed by atoms with van der Waals surface area (Å²) in [5, 5.41) is 13.5. The topological polar surface area (TPSA) is 65.3 Å². The number of anilines is 1. The molecule has 0 aromatic carbocycles. The Bertz CT molecular complexity index is 402. The van der Waals surface area contributed by atoms with Crippen molar-refractivity contribution in [2.24, 2.45) is 0 Å². The molecule has 0 saturated carbocycles. The van der Waals surface area contributed by atoms with Crippen molar-refractivity contribution in [3.63, 3.8) is 0 Å². The number of aromatic nitrogens is 1. The first-order valence-corrected chi connectivity index (χ1v) is 5.74. The summed E-state index contributed by atoms with van der Waals surface area (Å²) in [4.78, 5) is 11.4. The van der Waals surface area contributed by atoms with E-state index in [0.717, 1.165) is 3.57 Å². The van der Waals surface area contributed by atoms with E-state index in [-0.39, 0.29) is 0 Å². The van der Waals surface area contributed by atoms with Crippen LogP contribution in [0, 0.1) is 8.78 Å². The van der Waals surface area contributed by atoms with Gasteiger partial charge < -0.3 is 9.94 Å². The Hall–Kier alpha value is -1.05. The zero-order chi connectivity index (χ0) is 12.3. The normalized spacial score (nSPS) is 11.0. The van der Waals surface area contributed by atoms with E-state index in [1.165, 1.54) is 12.4 Å². The molecule has 0 unspecified atom stereocenters. The van der Waals surface area contributed by atoms with Crippen molar-refractivity contribution in [1.82, 2.24) is 0 Å². The van der Waals surface area contributed by atoms with Crippen molar-refractivity contribution >= 4 is 34.4 Å². The number of hydrogen-bond acceptors (Lipinski definition) is 3. The van der Waals surface area contributed by atoms with Gasteiger partial charge in [0.1, 0.15) is 11.3 Å². The fraction of sp³-hybridized carbons (Fsp3) is 0.400. The van der Waals surface area contributed by atoms with Crippen molar-refractivity contribution in [1.29, 1.82) is 0 Å². The van der Waals surface area contributed by atoms with Crippen LogP contribution in [0.5, 0.6) is 0 Å². The molecule has 1 aromatic heterocycles. The average molecular weight is 336 g/mol. The van der Waals surface area contributed by atoms with E-state index in [1.807, 2.05) is 22.6 Å². The number of carbonyl (C=O) groups excluding carboxylic acids is 1. The van der Waals surface area contributed by atoms with Crippen LogP contribution in [0.3, 0.4) is 0 Å². The summed E-state index contributed by atoms with van der Waals surface area (Å²) in [5.74, 6) is 0. The maximum Gasteiger partial charge on any atom is 0.412 e. The molecule has 1 N–H and O–H groups in total. The quantitative estimate of drug-likeness (QED) is 0.486. The van der Waals surface area contributed by atoms with Gasteiger partial charge in [-0.05, 0) is 43.4 Å². The van der Waals surface area contributed by atoms with Gasteiger partial charge in [0, 0.05) is 9.64 Å². The van der Waals surface area contributed by atoms with Crippen molar-refractivity contribution in [2.75, 3.05) is 5.32 Å². The predicted molar refractivity (Wildman–Crippen MR) is 68.0 cm³/mol. The fourth-order valence-electron chi connectivity index (χ4n) is 0.966. The van der Waals surface area contributed by atoms with E-state index in [1.54, 1.807) is 26.8 Å². The molecule has 0 fully saturated rings. The SMILES string of the molecule is CC(C)(C)OC(=O)Nc1c[n+]([O-])ccc1I. The zero-order valence-corrected chi connectivity index (χ0v) is 11.4. The van der Waals surface area contributed by atoms with Gasteiger partial charge in [-0.25, -0.2) is 4.79 Å². The summed E-state index contributed by atoms with van der Waals surface area (Å²) in [6, 6.07) is 1.61. The first kappa shape index (κ1) is 13.0. The summed E-state index contributed by atoms with van der Waals surface area (Å²) in [6.07, 6.45) is 2.07. The van der Waals surface area contributed by atoms with Crippen LogP contribution in [0.1, 0.15) is 20.8 Å². The van der Waals surface area contributed by atoms with Gasteiger partial charge in [-0.2, -0.15) is 4.73 Å². The Labute approximate surface area is 108 Å². The number of hydrogen-bond donors (Lipinski definition) is 1. The van der Waals surface area contributed by atoms with E-state index in [2.05, 4.69) is 5.32 Å². The molecule has 1 rings (SSSR count). The highest BCUT2D eigenvalue weighted by atomic mass is 127. The number of nitrogens with one attached hydrogen (secondary N) is 1. The van der Waals surface area contributed by atoms with Gasteiger partial charge in [-0.1, -0.05) is 0 Å². The third-order valence-electron chi connectivity index (χ3n) is 1.52. The standard InChI is InChI=1S/C10H13IN2O3/c1-10(2,3)16-9(14)12-8-6-13(15)5-4-7(8)11/h4-6H,1-3H3,(H,12,14). The van der Waals surface area contributed by atoms with Crippen molar-refractivity contribution in [3.05, 3.63) is 27.2 Å². The maximum absolute atomic E-state index is 11.4. The number of nitrogens with zero attached hydrogens (tertiary/aromatic N) is 1. The number of halogens is 1. The summed E-state index contributed by atoms with van der Waals surface area (Å²) in [5.41, 5.74) is -0.120. The summed E-state index contributed by atoms with van der Waals surface area (Å²) >= 11 is 2.03. The molecule has 0 radical (unpaired) electrons. The van der Waals surface area contributed by atoms with E-state index < -0.39 is 11.7 Å². The van der Waals surface area contributed by atoms with Crippen LogP contribution in [0.15, 0.2) is 18.5 Å². The van der Waals surface area contributed by atoms with Crippen molar-refractivity contribution < 1.29 is 14.3 Å². The number of amides is 1. The molecule has 0 atom stereocenters. The Morgan fingerprint density at radius 3 is 2.75 bits per heavy atom. The van der Waals surface area contributed by atoms with E-state index in [9.17, 15) is 10.0 Å². The molecule has 0 saturated heterocycles. The van der Waals surface area contributed by atoms with Gasteiger partial charge in [-0.3, -0.25) is 5.32 Å². The minimum Gasteiger partial charge on any atom is -0.619 e. The largest absolute Gasteiger partial charge is 0.619 e. The summed E-state index contributed by atoms with van der Waals surface area (Å²) < 4.78 is 6.47. The number of ether oxygens (including phenoxy) is 1. The molecule has 0 spiro atoms. The molecule has 1 amide bonds. The lowest BCUT2D eigenvalue weighted by atomic mass is 10.2. The van der Waals surface area contributed by atoms with Gasteiger partial charge in [0.2, 0.25) is 6.20 Å². The fourth-order valence-corrected chi connectivity index (χ4v) is 1.40.